The van der Waals surface area contributed by atoms with Gasteiger partial charge in [0.15, 0.2) is 0 Å². The number of aromatic hydroxyl groups is 1. The van der Waals surface area contributed by atoms with Crippen molar-refractivity contribution in [1.82, 2.24) is 4.90 Å². The summed E-state index contributed by atoms with van der Waals surface area (Å²) in [4.78, 5) is 13.1. The first-order valence-electron chi connectivity index (χ1n) is 5.95. The van der Waals surface area contributed by atoms with Crippen molar-refractivity contribution < 1.29 is 23.1 Å². The minimum Gasteiger partial charge on any atom is -0.508 e. The first kappa shape index (κ1) is 13.7. The molecule has 0 atom stereocenters. The summed E-state index contributed by atoms with van der Waals surface area (Å²) in [6.07, 6.45) is -3.18. The van der Waals surface area contributed by atoms with Crippen LogP contribution >= 0.6 is 0 Å². The molecule has 0 unspecified atom stereocenters. The number of phenols is 1. The average Bonchev–Trinajstić information content (AvgIpc) is 3.07. The number of hydrogen-bond donors (Lipinski definition) is 1. The van der Waals surface area contributed by atoms with E-state index in [1.165, 1.54) is 18.2 Å². The summed E-state index contributed by atoms with van der Waals surface area (Å²) in [6, 6.07) is 3.71. The molecule has 1 aromatic carbocycles. The van der Waals surface area contributed by atoms with Crippen LogP contribution in [0.15, 0.2) is 18.2 Å². The largest absolute Gasteiger partial charge is 0.508 e. The summed E-state index contributed by atoms with van der Waals surface area (Å²) < 4.78 is 37.5. The number of carbonyl (C=O) groups is 1. The van der Waals surface area contributed by atoms with Gasteiger partial charge < -0.3 is 10.0 Å². The minimum absolute atomic E-state index is 0.0113. The van der Waals surface area contributed by atoms with Gasteiger partial charge in [-0.15, -0.1) is 0 Å². The van der Waals surface area contributed by atoms with Crippen molar-refractivity contribution in [2.75, 3.05) is 6.54 Å². The lowest BCUT2D eigenvalue weighted by Crippen LogP contribution is -2.40. The molecule has 0 aromatic heterocycles. The predicted molar refractivity (Wildman–Crippen MR) is 63.0 cm³/mol. The molecule has 104 valence electrons. The van der Waals surface area contributed by atoms with E-state index in [-0.39, 0.29) is 17.4 Å². The zero-order chi connectivity index (χ0) is 14.2. The minimum atomic E-state index is -4.40. The molecule has 0 spiro atoms. The fourth-order valence-electron chi connectivity index (χ4n) is 1.99. The van der Waals surface area contributed by atoms with Gasteiger partial charge in [-0.3, -0.25) is 4.79 Å². The highest BCUT2D eigenvalue weighted by Crippen LogP contribution is 2.32. The van der Waals surface area contributed by atoms with Crippen LogP contribution < -0.4 is 0 Å². The molecule has 0 saturated heterocycles. The maximum atomic E-state index is 12.5. The summed E-state index contributed by atoms with van der Waals surface area (Å²) in [5.41, 5.74) is 0.673. The zero-order valence-corrected chi connectivity index (χ0v) is 10.4. The maximum Gasteiger partial charge on any atom is 0.406 e. The molecule has 6 heteroatoms. The average molecular weight is 273 g/mol. The Labute approximate surface area is 108 Å². The Bertz CT molecular complexity index is 495. The summed E-state index contributed by atoms with van der Waals surface area (Å²) >= 11 is 0. The predicted octanol–water partition coefficient (Wildman–Crippen LogP) is 2.87. The van der Waals surface area contributed by atoms with Crippen molar-refractivity contribution in [2.45, 2.75) is 32.0 Å². The number of hydrogen-bond acceptors (Lipinski definition) is 2. The second kappa shape index (κ2) is 4.75. The van der Waals surface area contributed by atoms with Crippen LogP contribution in [0.25, 0.3) is 0 Å². The van der Waals surface area contributed by atoms with Gasteiger partial charge in [0.25, 0.3) is 5.91 Å². The molecule has 0 radical (unpaired) electrons. The van der Waals surface area contributed by atoms with Crippen LogP contribution in [0.5, 0.6) is 5.75 Å². The monoisotopic (exact) mass is 273 g/mol. The lowest BCUT2D eigenvalue weighted by molar-refractivity contribution is -0.141. The Morgan fingerprint density at radius 1 is 1.42 bits per heavy atom. The fraction of sp³-hybridized carbons (Fsp3) is 0.462. The topological polar surface area (TPSA) is 40.5 Å². The van der Waals surface area contributed by atoms with E-state index in [4.69, 9.17) is 0 Å². The Morgan fingerprint density at radius 3 is 2.53 bits per heavy atom. The third-order valence-corrected chi connectivity index (χ3v) is 3.04. The van der Waals surface area contributed by atoms with E-state index < -0.39 is 18.6 Å². The summed E-state index contributed by atoms with van der Waals surface area (Å²) in [5, 5.41) is 9.26. The van der Waals surface area contributed by atoms with Gasteiger partial charge in [0.2, 0.25) is 0 Å². The highest BCUT2D eigenvalue weighted by atomic mass is 19.4. The third-order valence-electron chi connectivity index (χ3n) is 3.04. The van der Waals surface area contributed by atoms with Gasteiger partial charge in [-0.05, 0) is 43.5 Å². The molecular formula is C13H14F3NO2. The second-order valence-corrected chi connectivity index (χ2v) is 4.78. The van der Waals surface area contributed by atoms with Crippen molar-refractivity contribution in [2.24, 2.45) is 0 Å². The van der Waals surface area contributed by atoms with Crippen LogP contribution in [0.4, 0.5) is 13.2 Å². The van der Waals surface area contributed by atoms with E-state index in [1.54, 1.807) is 6.92 Å². The molecule has 0 aliphatic heterocycles. The smallest absolute Gasteiger partial charge is 0.406 e. The van der Waals surface area contributed by atoms with Crippen LogP contribution in [0, 0.1) is 6.92 Å². The number of phenolic OH excluding ortho intramolecular Hbond substituents is 1. The molecule has 3 nitrogen and oxygen atoms in total. The van der Waals surface area contributed by atoms with Gasteiger partial charge in [-0.2, -0.15) is 13.2 Å². The van der Waals surface area contributed by atoms with Crippen LogP contribution in [0.1, 0.15) is 28.8 Å². The normalized spacial score (nSPS) is 15.4. The molecule has 1 fully saturated rings. The Hall–Kier alpha value is -1.72. The van der Waals surface area contributed by atoms with Crippen LogP contribution in [0.2, 0.25) is 0 Å². The third kappa shape index (κ3) is 3.39. The molecule has 1 aromatic rings. The van der Waals surface area contributed by atoms with Crippen LogP contribution in [-0.2, 0) is 0 Å². The lowest BCUT2D eigenvalue weighted by atomic mass is 10.1. The van der Waals surface area contributed by atoms with Crippen molar-refractivity contribution in [1.29, 1.82) is 0 Å². The lowest BCUT2D eigenvalue weighted by Gasteiger charge is -2.24. The van der Waals surface area contributed by atoms with E-state index in [9.17, 15) is 23.1 Å². The van der Waals surface area contributed by atoms with Gasteiger partial charge in [0.05, 0.1) is 0 Å². The van der Waals surface area contributed by atoms with E-state index in [0.29, 0.717) is 18.4 Å². The number of alkyl halides is 3. The van der Waals surface area contributed by atoms with Gasteiger partial charge in [0.1, 0.15) is 12.3 Å². The number of benzene rings is 1. The van der Waals surface area contributed by atoms with E-state index in [0.717, 1.165) is 4.90 Å². The van der Waals surface area contributed by atoms with E-state index in [2.05, 4.69) is 0 Å². The summed E-state index contributed by atoms with van der Waals surface area (Å²) in [7, 11) is 0. The number of nitrogens with zero attached hydrogens (tertiary/aromatic N) is 1. The van der Waals surface area contributed by atoms with Gasteiger partial charge in [-0.25, -0.2) is 0 Å². The molecule has 1 aliphatic carbocycles. The van der Waals surface area contributed by atoms with E-state index >= 15 is 0 Å². The zero-order valence-electron chi connectivity index (χ0n) is 10.4. The highest BCUT2D eigenvalue weighted by Gasteiger charge is 2.41. The maximum absolute atomic E-state index is 12.5. The first-order chi connectivity index (χ1) is 8.78. The second-order valence-electron chi connectivity index (χ2n) is 4.78. The van der Waals surface area contributed by atoms with Crippen molar-refractivity contribution in [3.8, 4) is 5.75 Å². The molecule has 19 heavy (non-hydrogen) atoms. The molecule has 1 N–H and O–H groups in total. The molecular weight excluding hydrogens is 259 g/mol. The Kier molecular flexibility index (Phi) is 3.43. The number of halogens is 3. The van der Waals surface area contributed by atoms with Crippen molar-refractivity contribution >= 4 is 5.91 Å². The molecule has 0 heterocycles. The summed E-state index contributed by atoms with van der Waals surface area (Å²) in [6.45, 7) is 0.364. The number of aryl methyl sites for hydroxylation is 1. The summed E-state index contributed by atoms with van der Waals surface area (Å²) in [5.74, 6) is -0.639. The number of carbonyl (C=O) groups excluding carboxylic acids is 1. The number of amides is 1. The molecule has 0 bridgehead atoms. The Morgan fingerprint density at radius 2 is 2.05 bits per heavy atom. The fourth-order valence-corrected chi connectivity index (χ4v) is 1.99. The quantitative estimate of drug-likeness (QED) is 0.920. The molecule has 1 amide bonds. The molecule has 1 aliphatic rings. The highest BCUT2D eigenvalue weighted by molar-refractivity contribution is 5.96. The van der Waals surface area contributed by atoms with Crippen LogP contribution in [-0.4, -0.2) is 34.7 Å². The van der Waals surface area contributed by atoms with E-state index in [1.807, 2.05) is 0 Å². The number of rotatable bonds is 3. The van der Waals surface area contributed by atoms with Gasteiger partial charge in [-0.1, -0.05) is 0 Å². The Balaban J connectivity index is 2.24. The standard InChI is InChI=1S/C13H14F3NO2/c1-8-6-10(18)4-5-11(8)12(19)17(9-2-3-9)7-13(14,15)16/h4-6,9,18H,2-3,7H2,1H3. The van der Waals surface area contributed by atoms with Crippen LogP contribution in [0.3, 0.4) is 0 Å². The first-order valence-corrected chi connectivity index (χ1v) is 5.95. The molecule has 1 saturated carbocycles. The van der Waals surface area contributed by atoms with Gasteiger partial charge in [0, 0.05) is 11.6 Å². The van der Waals surface area contributed by atoms with Crippen molar-refractivity contribution in [3.05, 3.63) is 29.3 Å². The molecule has 2 rings (SSSR count). The SMILES string of the molecule is Cc1cc(O)ccc1C(=O)N(CC(F)(F)F)C1CC1. The van der Waals surface area contributed by atoms with Gasteiger partial charge >= 0.3 is 6.18 Å². The van der Waals surface area contributed by atoms with Crippen molar-refractivity contribution in [3.63, 3.8) is 0 Å².